The molecule has 0 aromatic carbocycles. The molecule has 0 aliphatic carbocycles. The Morgan fingerprint density at radius 1 is 1.04 bits per heavy atom. The first-order chi connectivity index (χ1) is 12.8. The van der Waals surface area contributed by atoms with Crippen molar-refractivity contribution in [3.05, 3.63) is 0 Å². The summed E-state index contributed by atoms with van der Waals surface area (Å²) in [7, 11) is 0. The van der Waals surface area contributed by atoms with Gasteiger partial charge in [0.1, 0.15) is 12.1 Å². The Morgan fingerprint density at radius 2 is 1.74 bits per heavy atom. The molecule has 0 spiro atoms. The Labute approximate surface area is 158 Å². The van der Waals surface area contributed by atoms with Crippen molar-refractivity contribution >= 4 is 30.3 Å². The standard InChI is InChI=1S/C16H29N7O4/c17-7-2-1-4-12(18)14(26)23-13(5-3-8-21-16(19)20)15(27)22-11(10-25)6-9-24/h11-13H,1-8,17-18H2,(H,22,27)(H,23,26)(H4,19,20,21). The third-order valence-electron chi connectivity index (χ3n) is 3.67. The van der Waals surface area contributed by atoms with E-state index in [1.54, 1.807) is 0 Å². The van der Waals surface area contributed by atoms with Gasteiger partial charge in [0.2, 0.25) is 24.4 Å². The molecule has 0 aromatic heterocycles. The van der Waals surface area contributed by atoms with Crippen molar-refractivity contribution in [3.63, 3.8) is 0 Å². The first-order valence-corrected chi connectivity index (χ1v) is 8.72. The van der Waals surface area contributed by atoms with E-state index >= 15 is 0 Å². The summed E-state index contributed by atoms with van der Waals surface area (Å²) in [6.07, 6.45) is 5.19. The van der Waals surface area contributed by atoms with Gasteiger partial charge in [-0.2, -0.15) is 0 Å². The summed E-state index contributed by atoms with van der Waals surface area (Å²) in [4.78, 5) is 45.8. The lowest BCUT2D eigenvalue weighted by Crippen LogP contribution is -2.53. The second-order valence-corrected chi connectivity index (χ2v) is 5.96. The molecule has 0 aliphatic rings. The van der Waals surface area contributed by atoms with Gasteiger partial charge in [-0.1, -0.05) is 6.42 Å². The topological polar surface area (TPSA) is 206 Å². The average Bonchev–Trinajstić information content (AvgIpc) is 2.63. The third-order valence-corrected chi connectivity index (χ3v) is 3.67. The van der Waals surface area contributed by atoms with E-state index in [1.165, 1.54) is 12.6 Å². The molecule has 0 fully saturated rings. The highest BCUT2D eigenvalue weighted by Gasteiger charge is 2.25. The maximum atomic E-state index is 12.4. The first-order valence-electron chi connectivity index (χ1n) is 8.72. The number of rotatable bonds is 15. The number of unbranched alkanes of at least 4 members (excludes halogenated alkanes) is 1. The zero-order valence-electron chi connectivity index (χ0n) is 15.3. The van der Waals surface area contributed by atoms with E-state index in [-0.39, 0.29) is 18.8 Å². The molecular weight excluding hydrogens is 354 g/mol. The van der Waals surface area contributed by atoms with Crippen LogP contribution in [0.3, 0.4) is 0 Å². The SMILES string of the molecule is N=C(N)NCCCC(NC(=O)C(N)CCCCN)C(=O)NC([C]=O)C[C]=O. The third kappa shape index (κ3) is 11.7. The summed E-state index contributed by atoms with van der Waals surface area (Å²) in [6.45, 7) is 0.822. The minimum atomic E-state index is -1.14. The highest BCUT2D eigenvalue weighted by atomic mass is 16.2. The van der Waals surface area contributed by atoms with Crippen LogP contribution in [0.25, 0.3) is 0 Å². The van der Waals surface area contributed by atoms with Crippen LogP contribution in [0.4, 0.5) is 0 Å². The Bertz CT molecular complexity index is 501. The van der Waals surface area contributed by atoms with Crippen LogP contribution in [0.5, 0.6) is 0 Å². The van der Waals surface area contributed by atoms with Crippen LogP contribution in [0.1, 0.15) is 38.5 Å². The van der Waals surface area contributed by atoms with Crippen molar-refractivity contribution in [2.45, 2.75) is 56.7 Å². The van der Waals surface area contributed by atoms with Crippen LogP contribution in [-0.2, 0) is 19.2 Å². The molecule has 2 radical (unpaired) electrons. The molecule has 27 heavy (non-hydrogen) atoms. The van der Waals surface area contributed by atoms with Gasteiger partial charge >= 0.3 is 0 Å². The van der Waals surface area contributed by atoms with Crippen LogP contribution < -0.4 is 33.2 Å². The van der Waals surface area contributed by atoms with Crippen molar-refractivity contribution in [2.24, 2.45) is 17.2 Å². The molecule has 0 heterocycles. The summed E-state index contributed by atoms with van der Waals surface area (Å²) >= 11 is 0. The summed E-state index contributed by atoms with van der Waals surface area (Å²) < 4.78 is 0. The van der Waals surface area contributed by atoms with Crippen molar-refractivity contribution < 1.29 is 19.2 Å². The predicted octanol–water partition coefficient (Wildman–Crippen LogP) is -2.71. The average molecular weight is 383 g/mol. The largest absolute Gasteiger partial charge is 0.370 e. The summed E-state index contributed by atoms with van der Waals surface area (Å²) in [5.41, 5.74) is 16.4. The number of amides is 2. The minimum absolute atomic E-state index is 0.209. The second-order valence-electron chi connectivity index (χ2n) is 5.96. The van der Waals surface area contributed by atoms with Gasteiger partial charge in [0.15, 0.2) is 5.96 Å². The number of carbonyl (C=O) groups excluding carboxylic acids is 4. The van der Waals surface area contributed by atoms with Gasteiger partial charge < -0.3 is 33.2 Å². The highest BCUT2D eigenvalue weighted by molar-refractivity contribution is 5.91. The van der Waals surface area contributed by atoms with Crippen LogP contribution in [0.2, 0.25) is 0 Å². The second kappa shape index (κ2) is 14.6. The summed E-state index contributed by atoms with van der Waals surface area (Å²) in [5, 5.41) is 14.6. The normalized spacial score (nSPS) is 13.7. The predicted molar refractivity (Wildman–Crippen MR) is 99.9 cm³/mol. The van der Waals surface area contributed by atoms with Crippen molar-refractivity contribution in [1.82, 2.24) is 16.0 Å². The Balaban J connectivity index is 4.81. The van der Waals surface area contributed by atoms with Crippen molar-refractivity contribution in [2.75, 3.05) is 13.1 Å². The fourth-order valence-corrected chi connectivity index (χ4v) is 2.19. The minimum Gasteiger partial charge on any atom is -0.370 e. The smallest absolute Gasteiger partial charge is 0.243 e. The first kappa shape index (κ1) is 24.5. The van der Waals surface area contributed by atoms with E-state index < -0.39 is 29.9 Å². The lowest BCUT2D eigenvalue weighted by Gasteiger charge is -2.22. The number of guanidine groups is 1. The van der Waals surface area contributed by atoms with Crippen LogP contribution >= 0.6 is 0 Å². The molecule has 11 nitrogen and oxygen atoms in total. The molecular formula is C16H29N7O4. The van der Waals surface area contributed by atoms with Gasteiger partial charge in [0.05, 0.1) is 6.04 Å². The maximum absolute atomic E-state index is 12.4. The Morgan fingerprint density at radius 3 is 2.30 bits per heavy atom. The molecule has 0 aromatic rings. The highest BCUT2D eigenvalue weighted by Crippen LogP contribution is 2.03. The summed E-state index contributed by atoms with van der Waals surface area (Å²) in [6, 6.07) is -2.89. The molecule has 11 heteroatoms. The Kier molecular flexibility index (Phi) is 13.2. The van der Waals surface area contributed by atoms with Crippen LogP contribution in [-0.4, -0.2) is 61.6 Å². The van der Waals surface area contributed by atoms with Crippen LogP contribution in [0, 0.1) is 5.41 Å². The number of carbonyl (C=O) groups is 2. The molecule has 152 valence electrons. The van der Waals surface area contributed by atoms with Gasteiger partial charge in [0.25, 0.3) is 0 Å². The van der Waals surface area contributed by atoms with E-state index in [0.29, 0.717) is 32.4 Å². The van der Waals surface area contributed by atoms with Crippen molar-refractivity contribution in [3.8, 4) is 0 Å². The molecule has 3 unspecified atom stereocenters. The van der Waals surface area contributed by atoms with E-state index in [0.717, 1.165) is 6.42 Å². The number of hydrogen-bond acceptors (Lipinski definition) is 7. The van der Waals surface area contributed by atoms with E-state index in [9.17, 15) is 19.2 Å². The zero-order chi connectivity index (χ0) is 20.7. The molecule has 2 amide bonds. The molecule has 0 bridgehead atoms. The zero-order valence-corrected chi connectivity index (χ0v) is 15.3. The number of hydrogen-bond donors (Lipinski definition) is 7. The van der Waals surface area contributed by atoms with E-state index in [2.05, 4.69) is 16.0 Å². The molecule has 0 saturated carbocycles. The Hall–Kier alpha value is -2.53. The quantitative estimate of drug-likeness (QED) is 0.0896. The lowest BCUT2D eigenvalue weighted by molar-refractivity contribution is -0.130. The van der Waals surface area contributed by atoms with Gasteiger partial charge in [-0.05, 0) is 32.2 Å². The van der Waals surface area contributed by atoms with E-state index in [4.69, 9.17) is 22.6 Å². The monoisotopic (exact) mass is 383 g/mol. The van der Waals surface area contributed by atoms with Gasteiger partial charge in [-0.25, -0.2) is 0 Å². The lowest BCUT2D eigenvalue weighted by atomic mass is 10.1. The summed E-state index contributed by atoms with van der Waals surface area (Å²) in [5.74, 6) is -1.34. The molecule has 3 atom stereocenters. The molecule has 0 aliphatic heterocycles. The van der Waals surface area contributed by atoms with E-state index in [1.807, 2.05) is 0 Å². The maximum Gasteiger partial charge on any atom is 0.243 e. The van der Waals surface area contributed by atoms with Gasteiger partial charge in [0, 0.05) is 13.0 Å². The van der Waals surface area contributed by atoms with Gasteiger partial charge in [-0.15, -0.1) is 0 Å². The fourth-order valence-electron chi connectivity index (χ4n) is 2.19. The molecule has 10 N–H and O–H groups in total. The van der Waals surface area contributed by atoms with Crippen molar-refractivity contribution in [1.29, 1.82) is 5.41 Å². The van der Waals surface area contributed by atoms with Crippen LogP contribution in [0.15, 0.2) is 0 Å². The fraction of sp³-hybridized carbons (Fsp3) is 0.688. The molecule has 0 rings (SSSR count). The number of nitrogens with one attached hydrogen (secondary N) is 4. The number of nitrogens with two attached hydrogens (primary N) is 3. The van der Waals surface area contributed by atoms with Gasteiger partial charge in [-0.3, -0.25) is 24.6 Å². The molecule has 0 saturated heterocycles.